The number of pyridine rings is 2. The van der Waals surface area contributed by atoms with Gasteiger partial charge in [0.15, 0.2) is 5.78 Å². The van der Waals surface area contributed by atoms with Gasteiger partial charge in [0.2, 0.25) is 11.3 Å². The van der Waals surface area contributed by atoms with Crippen molar-refractivity contribution in [1.82, 2.24) is 9.55 Å². The zero-order chi connectivity index (χ0) is 18.5. The maximum atomic E-state index is 13.0. The maximum Gasteiger partial charge on any atom is 0.251 e. The van der Waals surface area contributed by atoms with Crippen molar-refractivity contribution in [1.29, 1.82) is 0 Å². The molecule has 0 aromatic carbocycles. The van der Waals surface area contributed by atoms with Crippen molar-refractivity contribution < 1.29 is 9.59 Å². The van der Waals surface area contributed by atoms with Crippen LogP contribution in [-0.2, 0) is 6.54 Å². The molecule has 6 heteroatoms. The van der Waals surface area contributed by atoms with E-state index in [0.717, 1.165) is 0 Å². The summed E-state index contributed by atoms with van der Waals surface area (Å²) in [6, 6.07) is 2.70. The number of ketones is 2. The Morgan fingerprint density at radius 2 is 1.60 bits per heavy atom. The summed E-state index contributed by atoms with van der Waals surface area (Å²) in [4.78, 5) is 52.8. The fourth-order valence-electron chi connectivity index (χ4n) is 3.29. The van der Waals surface area contributed by atoms with E-state index < -0.39 is 11.3 Å². The quantitative estimate of drug-likeness (QED) is 0.789. The predicted octanol–water partition coefficient (Wildman–Crippen LogP) is 1.97. The number of carbonyl (C=O) groups excluding carboxylic acids is 2. The van der Waals surface area contributed by atoms with E-state index in [4.69, 9.17) is 0 Å². The van der Waals surface area contributed by atoms with Crippen molar-refractivity contribution in [2.75, 3.05) is 0 Å². The van der Waals surface area contributed by atoms with Crippen LogP contribution >= 0.6 is 0 Å². The predicted molar refractivity (Wildman–Crippen MR) is 93.6 cm³/mol. The fraction of sp³-hybridized carbons (Fsp3) is 0.368. The molecule has 3 rings (SSSR count). The average molecular weight is 340 g/mol. The summed E-state index contributed by atoms with van der Waals surface area (Å²) in [5.41, 5.74) is 0.735. The monoisotopic (exact) mass is 340 g/mol. The Hall–Kier alpha value is -2.76. The normalized spacial score (nSPS) is 13.2. The van der Waals surface area contributed by atoms with Crippen LogP contribution in [0.3, 0.4) is 0 Å². The van der Waals surface area contributed by atoms with E-state index in [1.54, 1.807) is 13.8 Å². The standard InChI is InChI=1S/C19H20N2O4/c1-9(2)5-6-21-13(23)8-11(4)15-17(21)19(25)16-14(18(15)24)10(3)7-12(22)20-16/h7-9H,5-6H2,1-4H3,(H,20,22). The number of rotatable bonds is 3. The smallest absolute Gasteiger partial charge is 0.251 e. The van der Waals surface area contributed by atoms with Gasteiger partial charge in [-0.2, -0.15) is 0 Å². The minimum Gasteiger partial charge on any atom is -0.318 e. The van der Waals surface area contributed by atoms with Crippen molar-refractivity contribution in [3.63, 3.8) is 0 Å². The summed E-state index contributed by atoms with van der Waals surface area (Å²) in [5.74, 6) is -0.461. The van der Waals surface area contributed by atoms with E-state index in [0.29, 0.717) is 30.0 Å². The molecule has 0 unspecified atom stereocenters. The van der Waals surface area contributed by atoms with Crippen LogP contribution in [0.25, 0.3) is 0 Å². The van der Waals surface area contributed by atoms with Gasteiger partial charge in [0.05, 0.1) is 11.1 Å². The highest BCUT2D eigenvalue weighted by Crippen LogP contribution is 2.28. The van der Waals surface area contributed by atoms with Crippen molar-refractivity contribution in [2.45, 2.75) is 40.7 Å². The summed E-state index contributed by atoms with van der Waals surface area (Å²) in [6.07, 6.45) is 0.702. The van der Waals surface area contributed by atoms with Gasteiger partial charge in [-0.1, -0.05) is 13.8 Å². The zero-order valence-electron chi connectivity index (χ0n) is 14.7. The summed E-state index contributed by atoms with van der Waals surface area (Å²) in [6.45, 7) is 7.69. The van der Waals surface area contributed by atoms with E-state index in [-0.39, 0.29) is 33.9 Å². The molecule has 0 radical (unpaired) electrons. The third kappa shape index (κ3) is 2.67. The number of fused-ring (bicyclic) bond motifs is 2. The van der Waals surface area contributed by atoms with Crippen LogP contribution in [0.4, 0.5) is 0 Å². The number of hydrogen-bond donors (Lipinski definition) is 1. The van der Waals surface area contributed by atoms with Crippen LogP contribution in [0.2, 0.25) is 0 Å². The minimum atomic E-state index is -0.477. The average Bonchev–Trinajstić information content (AvgIpc) is 2.50. The molecule has 1 N–H and O–H groups in total. The lowest BCUT2D eigenvalue weighted by Crippen LogP contribution is -2.36. The molecule has 2 aromatic heterocycles. The summed E-state index contributed by atoms with van der Waals surface area (Å²) in [7, 11) is 0. The minimum absolute atomic E-state index is 0.0224. The number of aryl methyl sites for hydroxylation is 2. The molecule has 0 saturated carbocycles. The summed E-state index contributed by atoms with van der Waals surface area (Å²) < 4.78 is 1.37. The maximum absolute atomic E-state index is 13.0. The van der Waals surface area contributed by atoms with Gasteiger partial charge in [0, 0.05) is 18.7 Å². The number of H-pyrrole nitrogens is 1. The van der Waals surface area contributed by atoms with Crippen LogP contribution in [0.1, 0.15) is 63.5 Å². The molecule has 0 spiro atoms. The number of nitrogens with zero attached hydrogens (tertiary/aromatic N) is 1. The van der Waals surface area contributed by atoms with Gasteiger partial charge < -0.3 is 9.55 Å². The SMILES string of the molecule is Cc1cc(=O)[nH]c2c1C(=O)c1c(C)cc(=O)n(CCC(C)C)c1C2=O. The first-order chi connectivity index (χ1) is 11.7. The topological polar surface area (TPSA) is 89.0 Å². The number of carbonyl (C=O) groups is 2. The van der Waals surface area contributed by atoms with Crippen LogP contribution in [0.5, 0.6) is 0 Å². The van der Waals surface area contributed by atoms with E-state index in [2.05, 4.69) is 4.98 Å². The zero-order valence-corrected chi connectivity index (χ0v) is 14.7. The van der Waals surface area contributed by atoms with Gasteiger partial charge in [-0.3, -0.25) is 19.2 Å². The number of hydrogen-bond acceptors (Lipinski definition) is 4. The largest absolute Gasteiger partial charge is 0.318 e. The van der Waals surface area contributed by atoms with Crippen LogP contribution in [0, 0.1) is 19.8 Å². The van der Waals surface area contributed by atoms with Crippen molar-refractivity contribution in [3.05, 3.63) is 66.5 Å². The first-order valence-electron chi connectivity index (χ1n) is 8.30. The van der Waals surface area contributed by atoms with Crippen molar-refractivity contribution >= 4 is 11.6 Å². The van der Waals surface area contributed by atoms with Crippen molar-refractivity contribution in [2.24, 2.45) is 5.92 Å². The molecule has 1 aliphatic rings. The Balaban J connectivity index is 2.33. The molecule has 0 aliphatic heterocycles. The van der Waals surface area contributed by atoms with Crippen molar-refractivity contribution in [3.8, 4) is 0 Å². The molecular formula is C19H20N2O4. The molecule has 2 aromatic rings. The molecular weight excluding hydrogens is 320 g/mol. The van der Waals surface area contributed by atoms with E-state index >= 15 is 0 Å². The second-order valence-corrected chi connectivity index (χ2v) is 6.95. The van der Waals surface area contributed by atoms with E-state index in [1.807, 2.05) is 13.8 Å². The van der Waals surface area contributed by atoms with Crippen LogP contribution < -0.4 is 11.1 Å². The molecule has 0 bridgehead atoms. The first kappa shape index (κ1) is 17.1. The third-order valence-electron chi connectivity index (χ3n) is 4.57. The summed E-state index contributed by atoms with van der Waals surface area (Å²) >= 11 is 0. The fourth-order valence-corrected chi connectivity index (χ4v) is 3.29. The van der Waals surface area contributed by atoms with Gasteiger partial charge in [-0.25, -0.2) is 0 Å². The highest BCUT2D eigenvalue weighted by atomic mass is 16.2. The lowest BCUT2D eigenvalue weighted by atomic mass is 9.85. The molecule has 6 nitrogen and oxygen atoms in total. The molecule has 0 fully saturated rings. The molecule has 130 valence electrons. The lowest BCUT2D eigenvalue weighted by molar-refractivity contribution is 0.0965. The molecule has 0 atom stereocenters. The summed E-state index contributed by atoms with van der Waals surface area (Å²) in [5, 5.41) is 0. The molecule has 1 aliphatic carbocycles. The Morgan fingerprint density at radius 3 is 2.24 bits per heavy atom. The van der Waals surface area contributed by atoms with Gasteiger partial charge in [0.25, 0.3) is 5.56 Å². The third-order valence-corrected chi connectivity index (χ3v) is 4.57. The van der Waals surface area contributed by atoms with Gasteiger partial charge >= 0.3 is 0 Å². The van der Waals surface area contributed by atoms with Crippen LogP contribution in [0.15, 0.2) is 21.7 Å². The number of aromatic amines is 1. The Labute approximate surface area is 144 Å². The number of nitrogens with one attached hydrogen (secondary N) is 1. The highest BCUT2D eigenvalue weighted by Gasteiger charge is 2.35. The molecule has 0 saturated heterocycles. The van der Waals surface area contributed by atoms with E-state index in [9.17, 15) is 19.2 Å². The molecule has 25 heavy (non-hydrogen) atoms. The molecule has 0 amide bonds. The molecule has 2 heterocycles. The Bertz CT molecular complexity index is 1020. The lowest BCUT2D eigenvalue weighted by Gasteiger charge is -2.23. The van der Waals surface area contributed by atoms with Gasteiger partial charge in [-0.15, -0.1) is 0 Å². The Kier molecular flexibility index (Phi) is 4.06. The highest BCUT2D eigenvalue weighted by molar-refractivity contribution is 6.27. The number of aromatic nitrogens is 2. The van der Waals surface area contributed by atoms with Crippen LogP contribution in [-0.4, -0.2) is 21.1 Å². The second-order valence-electron chi connectivity index (χ2n) is 6.95. The Morgan fingerprint density at radius 1 is 0.960 bits per heavy atom. The van der Waals surface area contributed by atoms with E-state index in [1.165, 1.54) is 16.7 Å². The van der Waals surface area contributed by atoms with Gasteiger partial charge in [-0.05, 0) is 37.3 Å². The van der Waals surface area contributed by atoms with Gasteiger partial charge in [0.1, 0.15) is 11.4 Å². The first-order valence-corrected chi connectivity index (χ1v) is 8.30. The second kappa shape index (κ2) is 5.95.